The lowest BCUT2D eigenvalue weighted by Gasteiger charge is -2.41. The van der Waals surface area contributed by atoms with Crippen molar-refractivity contribution in [1.82, 2.24) is 0 Å². The summed E-state index contributed by atoms with van der Waals surface area (Å²) in [7, 11) is 0.333. The van der Waals surface area contributed by atoms with Gasteiger partial charge in [0.05, 0.1) is 12.6 Å². The Hall–Kier alpha value is -1.73. The van der Waals surface area contributed by atoms with E-state index in [9.17, 15) is 9.90 Å². The summed E-state index contributed by atoms with van der Waals surface area (Å²) < 4.78 is 13.3. The van der Waals surface area contributed by atoms with E-state index in [4.69, 9.17) is 9.47 Å². The minimum absolute atomic E-state index is 0.148. The highest BCUT2D eigenvalue weighted by Crippen LogP contribution is 2.48. The van der Waals surface area contributed by atoms with Gasteiger partial charge in [0.15, 0.2) is 0 Å². The predicted octanol–water partition coefficient (Wildman–Crippen LogP) is 3.13. The van der Waals surface area contributed by atoms with E-state index in [2.05, 4.69) is 43.3 Å². The van der Waals surface area contributed by atoms with Crippen LogP contribution in [-0.2, 0) is 20.7 Å². The molecule has 0 bridgehead atoms. The molecule has 0 radical (unpaired) electrons. The number of thiophene rings is 1. The third-order valence-corrected chi connectivity index (χ3v) is 7.33. The minimum Gasteiger partial charge on any atom is -0.394 e. The number of carbonyl (C=O) groups is 1. The molecule has 1 aliphatic carbocycles. The average molecular weight is 394 g/mol. The number of ketones is 1. The van der Waals surface area contributed by atoms with E-state index in [1.54, 1.807) is 0 Å². The lowest BCUT2D eigenvalue weighted by molar-refractivity contribution is -0.238. The maximum atomic E-state index is 12.9. The molecule has 4 nitrogen and oxygen atoms in total. The SMILES string of the molecule is CC1=C(Cc2cc3ccccc3s2)CC2C(=C1)CO[C@]21O[C@H](C)B[C@H](O)C1=O. The Morgan fingerprint density at radius 2 is 2.18 bits per heavy atom. The number of aliphatic hydroxyl groups excluding tert-OH is 1. The Bertz CT molecular complexity index is 989. The molecule has 1 aromatic carbocycles. The van der Waals surface area contributed by atoms with Crippen molar-refractivity contribution >= 4 is 34.5 Å². The standard InChI is InChI=1S/C22H23BO4S/c1-12-7-16-11-26-22(20(24)21(25)23-13(2)27-22)18(16)10-15(12)9-17-8-14-5-3-4-6-19(14)28-17/h3-8,13,18,21,23,25H,9-11H2,1-2H3/t13-,18?,21-,22+/m1/s1. The molecule has 5 rings (SSSR count). The summed E-state index contributed by atoms with van der Waals surface area (Å²) in [4.78, 5) is 14.2. The van der Waals surface area contributed by atoms with E-state index in [1.165, 1.54) is 26.1 Å². The Labute approximate surface area is 169 Å². The molecular formula is C22H23BO4S. The Morgan fingerprint density at radius 1 is 1.36 bits per heavy atom. The van der Waals surface area contributed by atoms with Crippen molar-refractivity contribution in [3.05, 3.63) is 58.0 Å². The molecule has 1 N–H and O–H groups in total. The zero-order chi connectivity index (χ0) is 19.5. The first kappa shape index (κ1) is 18.3. The fraction of sp³-hybridized carbons (Fsp3) is 0.409. The molecule has 144 valence electrons. The third kappa shape index (κ3) is 2.82. The fourth-order valence-electron chi connectivity index (χ4n) is 4.79. The number of aliphatic hydroxyl groups is 1. The second-order valence-corrected chi connectivity index (χ2v) is 9.36. The minimum atomic E-state index is -1.32. The number of rotatable bonds is 2. The van der Waals surface area contributed by atoms with Crippen LogP contribution in [0.3, 0.4) is 0 Å². The summed E-state index contributed by atoms with van der Waals surface area (Å²) in [6.07, 6.45) is 3.76. The first-order chi connectivity index (χ1) is 13.5. The zero-order valence-electron chi connectivity index (χ0n) is 16.1. The Kier molecular flexibility index (Phi) is 4.36. The fourth-order valence-corrected chi connectivity index (χ4v) is 5.90. The number of carbonyl (C=O) groups excluding carboxylic acids is 1. The molecule has 6 heteroatoms. The highest BCUT2D eigenvalue weighted by molar-refractivity contribution is 7.19. The quantitative estimate of drug-likeness (QED) is 0.796. The van der Waals surface area contributed by atoms with Gasteiger partial charge in [-0.2, -0.15) is 0 Å². The summed E-state index contributed by atoms with van der Waals surface area (Å²) in [5, 5.41) is 11.5. The highest BCUT2D eigenvalue weighted by atomic mass is 32.1. The van der Waals surface area contributed by atoms with E-state index in [0.29, 0.717) is 13.9 Å². The topological polar surface area (TPSA) is 55.8 Å². The van der Waals surface area contributed by atoms with Crippen LogP contribution in [0.4, 0.5) is 0 Å². The van der Waals surface area contributed by atoms with Crippen molar-refractivity contribution in [1.29, 1.82) is 0 Å². The molecule has 4 atom stereocenters. The van der Waals surface area contributed by atoms with Crippen LogP contribution < -0.4 is 0 Å². The lowest BCUT2D eigenvalue weighted by atomic mass is 9.60. The van der Waals surface area contributed by atoms with Gasteiger partial charge in [-0.3, -0.25) is 4.79 Å². The molecule has 2 fully saturated rings. The first-order valence-electron chi connectivity index (χ1n) is 9.87. The molecule has 28 heavy (non-hydrogen) atoms. The molecule has 0 saturated carbocycles. The van der Waals surface area contributed by atoms with Crippen LogP contribution in [0.1, 0.15) is 25.1 Å². The van der Waals surface area contributed by atoms with E-state index in [1.807, 2.05) is 18.3 Å². The van der Waals surface area contributed by atoms with E-state index < -0.39 is 11.8 Å². The molecule has 2 aromatic rings. The number of allylic oxidation sites excluding steroid dienone is 3. The van der Waals surface area contributed by atoms with Crippen LogP contribution >= 0.6 is 11.3 Å². The molecular weight excluding hydrogens is 371 g/mol. The van der Waals surface area contributed by atoms with Crippen molar-refractivity contribution in [2.24, 2.45) is 5.92 Å². The summed E-state index contributed by atoms with van der Waals surface area (Å²) in [6, 6.07) is 9.48. The van der Waals surface area contributed by atoms with Gasteiger partial charge in [0.25, 0.3) is 0 Å². The van der Waals surface area contributed by atoms with Crippen molar-refractivity contribution in [3.8, 4) is 0 Å². The highest BCUT2D eigenvalue weighted by Gasteiger charge is 2.59. The monoisotopic (exact) mass is 394 g/mol. The van der Waals surface area contributed by atoms with Crippen molar-refractivity contribution in [2.45, 2.75) is 44.5 Å². The van der Waals surface area contributed by atoms with E-state index >= 15 is 0 Å². The summed E-state index contributed by atoms with van der Waals surface area (Å²) in [5.74, 6) is -1.79. The van der Waals surface area contributed by atoms with Gasteiger partial charge in [-0.05, 0) is 43.4 Å². The van der Waals surface area contributed by atoms with Gasteiger partial charge in [0, 0.05) is 27.9 Å². The van der Waals surface area contributed by atoms with Crippen LogP contribution in [0.15, 0.2) is 53.1 Å². The van der Waals surface area contributed by atoms with Gasteiger partial charge < -0.3 is 14.6 Å². The van der Waals surface area contributed by atoms with Crippen molar-refractivity contribution in [2.75, 3.05) is 6.61 Å². The second-order valence-electron chi connectivity index (χ2n) is 8.19. The number of Topliss-reactive ketones (excluding diaryl/α,β-unsaturated/α-hetero) is 1. The number of hydrogen-bond donors (Lipinski definition) is 1. The molecule has 1 aromatic heterocycles. The van der Waals surface area contributed by atoms with Crippen LogP contribution in [0.25, 0.3) is 10.1 Å². The van der Waals surface area contributed by atoms with Crippen LogP contribution in [-0.4, -0.2) is 42.6 Å². The van der Waals surface area contributed by atoms with Crippen LogP contribution in [0.5, 0.6) is 0 Å². The lowest BCUT2D eigenvalue weighted by Crippen LogP contribution is -2.61. The third-order valence-electron chi connectivity index (χ3n) is 6.21. The summed E-state index contributed by atoms with van der Waals surface area (Å²) in [6.45, 7) is 4.42. The maximum absolute atomic E-state index is 12.9. The molecule has 0 amide bonds. The van der Waals surface area contributed by atoms with Gasteiger partial charge in [-0.25, -0.2) is 0 Å². The number of fused-ring (bicyclic) bond motifs is 3. The molecule has 3 heterocycles. The molecule has 2 aliphatic heterocycles. The van der Waals surface area contributed by atoms with Crippen molar-refractivity contribution < 1.29 is 19.4 Å². The number of ether oxygens (including phenoxy) is 2. The number of hydrogen-bond acceptors (Lipinski definition) is 5. The smallest absolute Gasteiger partial charge is 0.237 e. The van der Waals surface area contributed by atoms with Gasteiger partial charge in [-0.15, -0.1) is 11.3 Å². The van der Waals surface area contributed by atoms with Crippen LogP contribution in [0, 0.1) is 5.92 Å². The molecule has 1 unspecified atom stereocenters. The van der Waals surface area contributed by atoms with E-state index in [0.717, 1.165) is 18.4 Å². The second kappa shape index (κ2) is 6.66. The van der Waals surface area contributed by atoms with Crippen LogP contribution in [0.2, 0.25) is 0 Å². The summed E-state index contributed by atoms with van der Waals surface area (Å²) >= 11 is 1.82. The van der Waals surface area contributed by atoms with Crippen molar-refractivity contribution in [3.63, 3.8) is 0 Å². The predicted molar refractivity (Wildman–Crippen MR) is 112 cm³/mol. The van der Waals surface area contributed by atoms with Gasteiger partial charge in [0.2, 0.25) is 18.8 Å². The normalized spacial score (nSPS) is 32.6. The number of benzene rings is 1. The summed E-state index contributed by atoms with van der Waals surface area (Å²) in [5.41, 5.74) is 3.67. The first-order valence-corrected chi connectivity index (χ1v) is 10.7. The largest absolute Gasteiger partial charge is 0.394 e. The van der Waals surface area contributed by atoms with E-state index in [-0.39, 0.29) is 17.7 Å². The van der Waals surface area contributed by atoms with Gasteiger partial charge in [0.1, 0.15) is 0 Å². The average Bonchev–Trinajstić information content (AvgIpc) is 3.22. The molecule has 3 aliphatic rings. The molecule has 2 saturated heterocycles. The zero-order valence-corrected chi connectivity index (χ0v) is 16.9. The van der Waals surface area contributed by atoms with Gasteiger partial charge in [-0.1, -0.05) is 35.4 Å². The molecule has 1 spiro atoms. The van der Waals surface area contributed by atoms with Gasteiger partial charge >= 0.3 is 0 Å². The Morgan fingerprint density at radius 3 is 3.00 bits per heavy atom. The maximum Gasteiger partial charge on any atom is 0.237 e. The Balaban J connectivity index is 1.45.